The van der Waals surface area contributed by atoms with E-state index >= 15 is 0 Å². The first-order chi connectivity index (χ1) is 12.0. The third-order valence-corrected chi connectivity index (χ3v) is 5.90. The SMILES string of the molecule is CC(C)CCN1C(=O)/C(=C/N2CCN(c3ccccc3)CC2)SC1=S. The van der Waals surface area contributed by atoms with Crippen LogP contribution in [0, 0.1) is 5.92 Å². The molecule has 2 aliphatic rings. The Hall–Kier alpha value is -1.53. The second-order valence-electron chi connectivity index (χ2n) is 6.86. The Morgan fingerprint density at radius 3 is 2.48 bits per heavy atom. The molecule has 2 aliphatic heterocycles. The summed E-state index contributed by atoms with van der Waals surface area (Å²) in [5.41, 5.74) is 1.27. The topological polar surface area (TPSA) is 26.8 Å². The van der Waals surface area contributed by atoms with Gasteiger partial charge in [0.25, 0.3) is 5.91 Å². The molecule has 3 rings (SSSR count). The first kappa shape index (κ1) is 18.3. The number of benzene rings is 1. The summed E-state index contributed by atoms with van der Waals surface area (Å²) in [7, 11) is 0. The van der Waals surface area contributed by atoms with Crippen molar-refractivity contribution in [1.29, 1.82) is 0 Å². The fourth-order valence-corrected chi connectivity index (χ4v) is 4.30. The molecule has 6 heteroatoms. The van der Waals surface area contributed by atoms with E-state index in [1.54, 1.807) is 4.90 Å². The summed E-state index contributed by atoms with van der Waals surface area (Å²) in [5.74, 6) is 0.640. The quantitative estimate of drug-likeness (QED) is 0.579. The molecule has 0 spiro atoms. The zero-order valence-corrected chi connectivity index (χ0v) is 16.5. The molecule has 1 aromatic rings. The van der Waals surface area contributed by atoms with E-state index in [-0.39, 0.29) is 5.91 Å². The number of thiocarbonyl (C=S) groups is 1. The van der Waals surface area contributed by atoms with Gasteiger partial charge in [-0.2, -0.15) is 0 Å². The fourth-order valence-electron chi connectivity index (χ4n) is 2.98. The maximum absolute atomic E-state index is 12.6. The van der Waals surface area contributed by atoms with Gasteiger partial charge in [-0.15, -0.1) is 0 Å². The molecule has 2 heterocycles. The zero-order chi connectivity index (χ0) is 17.8. The smallest absolute Gasteiger partial charge is 0.267 e. The third-order valence-electron chi connectivity index (χ3n) is 4.54. The summed E-state index contributed by atoms with van der Waals surface area (Å²) < 4.78 is 0.694. The number of thioether (sulfide) groups is 1. The first-order valence-electron chi connectivity index (χ1n) is 8.84. The van der Waals surface area contributed by atoms with Gasteiger partial charge in [0.1, 0.15) is 4.32 Å². The number of rotatable bonds is 5. The molecular weight excluding hydrogens is 350 g/mol. The normalized spacial score (nSPS) is 20.3. The van der Waals surface area contributed by atoms with Crippen LogP contribution in [0.2, 0.25) is 0 Å². The predicted molar refractivity (Wildman–Crippen MR) is 110 cm³/mol. The average molecular weight is 376 g/mol. The largest absolute Gasteiger partial charge is 0.373 e. The van der Waals surface area contributed by atoms with Gasteiger partial charge in [0.05, 0.1) is 4.91 Å². The molecule has 0 N–H and O–H groups in total. The fraction of sp³-hybridized carbons (Fsp3) is 0.474. The second-order valence-corrected chi connectivity index (χ2v) is 8.53. The molecule has 4 nitrogen and oxygen atoms in total. The van der Waals surface area contributed by atoms with E-state index < -0.39 is 0 Å². The number of amides is 1. The zero-order valence-electron chi connectivity index (χ0n) is 14.9. The Kier molecular flexibility index (Phi) is 6.02. The summed E-state index contributed by atoms with van der Waals surface area (Å²) in [6, 6.07) is 10.5. The molecule has 0 bridgehead atoms. The lowest BCUT2D eigenvalue weighted by molar-refractivity contribution is -0.122. The number of hydrogen-bond acceptors (Lipinski definition) is 5. The summed E-state index contributed by atoms with van der Waals surface area (Å²) in [6.45, 7) is 8.83. The number of piperazine rings is 1. The minimum absolute atomic E-state index is 0.0705. The van der Waals surface area contributed by atoms with E-state index in [4.69, 9.17) is 12.2 Å². The van der Waals surface area contributed by atoms with Crippen LogP contribution in [0.15, 0.2) is 41.4 Å². The van der Waals surface area contributed by atoms with E-state index in [0.717, 1.165) is 44.0 Å². The highest BCUT2D eigenvalue weighted by Crippen LogP contribution is 2.32. The number of carbonyl (C=O) groups is 1. The molecule has 2 fully saturated rings. The average Bonchev–Trinajstić information content (AvgIpc) is 2.88. The van der Waals surface area contributed by atoms with Gasteiger partial charge >= 0.3 is 0 Å². The van der Waals surface area contributed by atoms with Crippen molar-refractivity contribution in [2.24, 2.45) is 5.92 Å². The van der Waals surface area contributed by atoms with Gasteiger partial charge < -0.3 is 9.80 Å². The highest BCUT2D eigenvalue weighted by Gasteiger charge is 2.32. The molecule has 1 amide bonds. The lowest BCUT2D eigenvalue weighted by atomic mass is 10.1. The molecule has 0 radical (unpaired) electrons. The van der Waals surface area contributed by atoms with Crippen molar-refractivity contribution in [1.82, 2.24) is 9.80 Å². The van der Waals surface area contributed by atoms with Gasteiger partial charge in [-0.25, -0.2) is 0 Å². The molecule has 0 atom stereocenters. The van der Waals surface area contributed by atoms with Crippen LogP contribution in [0.5, 0.6) is 0 Å². The first-order valence-corrected chi connectivity index (χ1v) is 10.1. The van der Waals surface area contributed by atoms with Crippen LogP contribution in [-0.4, -0.2) is 52.8 Å². The molecule has 0 aromatic heterocycles. The summed E-state index contributed by atoms with van der Waals surface area (Å²) in [4.78, 5) is 19.8. The van der Waals surface area contributed by atoms with Crippen molar-refractivity contribution in [3.63, 3.8) is 0 Å². The van der Waals surface area contributed by atoms with E-state index in [1.165, 1.54) is 17.4 Å². The molecule has 134 valence electrons. The minimum atomic E-state index is 0.0705. The Balaban J connectivity index is 1.57. The highest BCUT2D eigenvalue weighted by atomic mass is 32.2. The van der Waals surface area contributed by atoms with Crippen molar-refractivity contribution in [2.45, 2.75) is 20.3 Å². The second kappa shape index (κ2) is 8.23. The van der Waals surface area contributed by atoms with E-state index in [1.807, 2.05) is 12.3 Å². The number of para-hydroxylation sites is 1. The standard InChI is InChI=1S/C19H25N3OS2/c1-15(2)8-9-22-18(23)17(25-19(22)24)14-20-10-12-21(13-11-20)16-6-4-3-5-7-16/h3-7,14-15H,8-13H2,1-2H3/b17-14-. The number of carbonyl (C=O) groups excluding carboxylic acids is 1. The minimum Gasteiger partial charge on any atom is -0.373 e. The highest BCUT2D eigenvalue weighted by molar-refractivity contribution is 8.26. The number of anilines is 1. The van der Waals surface area contributed by atoms with Crippen molar-refractivity contribution in [3.05, 3.63) is 41.4 Å². The Bertz CT molecular complexity index is 652. The van der Waals surface area contributed by atoms with E-state index in [0.29, 0.717) is 10.2 Å². The van der Waals surface area contributed by atoms with Crippen LogP contribution < -0.4 is 4.90 Å². The van der Waals surface area contributed by atoms with Crippen molar-refractivity contribution >= 4 is 39.9 Å². The maximum Gasteiger partial charge on any atom is 0.267 e. The van der Waals surface area contributed by atoms with Gasteiger partial charge in [-0.05, 0) is 24.5 Å². The van der Waals surface area contributed by atoms with Crippen molar-refractivity contribution in [3.8, 4) is 0 Å². The summed E-state index contributed by atoms with van der Waals surface area (Å²) >= 11 is 6.84. The summed E-state index contributed by atoms with van der Waals surface area (Å²) in [6.07, 6.45) is 2.99. The lowest BCUT2D eigenvalue weighted by Crippen LogP contribution is -2.44. The monoisotopic (exact) mass is 375 g/mol. The van der Waals surface area contributed by atoms with Crippen LogP contribution >= 0.6 is 24.0 Å². The van der Waals surface area contributed by atoms with Gasteiger partial charge in [0.15, 0.2) is 0 Å². The molecule has 25 heavy (non-hydrogen) atoms. The van der Waals surface area contributed by atoms with Gasteiger partial charge in [-0.1, -0.05) is 56.0 Å². The van der Waals surface area contributed by atoms with Crippen LogP contribution in [0.4, 0.5) is 5.69 Å². The van der Waals surface area contributed by atoms with Crippen LogP contribution in [0.3, 0.4) is 0 Å². The van der Waals surface area contributed by atoms with Crippen LogP contribution in [0.1, 0.15) is 20.3 Å². The molecular formula is C19H25N3OS2. The molecule has 0 saturated carbocycles. The van der Waals surface area contributed by atoms with Crippen molar-refractivity contribution in [2.75, 3.05) is 37.6 Å². The molecule has 1 aromatic carbocycles. The number of hydrogen-bond donors (Lipinski definition) is 0. The van der Waals surface area contributed by atoms with Crippen LogP contribution in [0.25, 0.3) is 0 Å². The number of nitrogens with zero attached hydrogens (tertiary/aromatic N) is 3. The Labute approximate surface area is 159 Å². The lowest BCUT2D eigenvalue weighted by Gasteiger charge is -2.35. The summed E-state index contributed by atoms with van der Waals surface area (Å²) in [5, 5.41) is 0. The molecule has 0 unspecified atom stereocenters. The van der Waals surface area contributed by atoms with E-state index in [2.05, 4.69) is 47.9 Å². The van der Waals surface area contributed by atoms with Crippen LogP contribution in [-0.2, 0) is 4.79 Å². The van der Waals surface area contributed by atoms with Crippen molar-refractivity contribution < 1.29 is 4.79 Å². The Morgan fingerprint density at radius 1 is 1.16 bits per heavy atom. The predicted octanol–water partition coefficient (Wildman–Crippen LogP) is 3.56. The molecule has 2 saturated heterocycles. The van der Waals surface area contributed by atoms with Gasteiger partial charge in [0.2, 0.25) is 0 Å². The maximum atomic E-state index is 12.6. The Morgan fingerprint density at radius 2 is 1.84 bits per heavy atom. The van der Waals surface area contributed by atoms with Gasteiger partial charge in [0, 0.05) is 44.6 Å². The third kappa shape index (κ3) is 4.55. The molecule has 0 aliphatic carbocycles. The van der Waals surface area contributed by atoms with Gasteiger partial charge in [-0.3, -0.25) is 9.69 Å². The van der Waals surface area contributed by atoms with E-state index in [9.17, 15) is 4.79 Å².